The Morgan fingerprint density at radius 2 is 2.13 bits per heavy atom. The van der Waals surface area contributed by atoms with Gasteiger partial charge in [0, 0.05) is 38.1 Å². The van der Waals surface area contributed by atoms with Crippen molar-refractivity contribution < 1.29 is 9.53 Å². The van der Waals surface area contributed by atoms with E-state index in [0.717, 1.165) is 45.6 Å². The van der Waals surface area contributed by atoms with E-state index >= 15 is 0 Å². The quantitative estimate of drug-likeness (QED) is 0.679. The van der Waals surface area contributed by atoms with Crippen LogP contribution in [0.25, 0.3) is 0 Å². The van der Waals surface area contributed by atoms with Crippen LogP contribution < -0.4 is 0 Å². The molecule has 0 N–H and O–H groups in total. The third-order valence-electron chi connectivity index (χ3n) is 2.83. The van der Waals surface area contributed by atoms with Crippen molar-refractivity contribution >= 4 is 17.5 Å². The van der Waals surface area contributed by atoms with Gasteiger partial charge in [-0.25, -0.2) is 0 Å². The predicted molar refractivity (Wildman–Crippen MR) is 61.1 cm³/mol. The maximum atomic E-state index is 12.1. The summed E-state index contributed by atoms with van der Waals surface area (Å²) in [5.74, 6) is 1.08. The molecule has 15 heavy (non-hydrogen) atoms. The molecule has 0 aromatic carbocycles. The highest BCUT2D eigenvalue weighted by atomic mass is 35.5. The second kappa shape index (κ2) is 7.07. The molecule has 0 spiro atoms. The molecule has 1 rings (SSSR count). The van der Waals surface area contributed by atoms with E-state index in [2.05, 4.69) is 0 Å². The molecule has 3 nitrogen and oxygen atoms in total. The van der Waals surface area contributed by atoms with Gasteiger partial charge in [-0.15, -0.1) is 11.6 Å². The summed E-state index contributed by atoms with van der Waals surface area (Å²) >= 11 is 5.64. The molecule has 1 fully saturated rings. The van der Waals surface area contributed by atoms with Crippen LogP contribution in [0.2, 0.25) is 0 Å². The molecule has 1 saturated heterocycles. The molecule has 1 aliphatic rings. The Kier molecular flexibility index (Phi) is 6.03. The Labute approximate surface area is 96.7 Å². The Bertz CT molecular complexity index is 193. The third kappa shape index (κ3) is 3.99. The number of alkyl halides is 1. The SMILES string of the molecule is CCN(CCCCl)C(=O)C1CCOCC1. The normalized spacial score (nSPS) is 17.7. The number of hydrogen-bond acceptors (Lipinski definition) is 2. The molecule has 0 atom stereocenters. The lowest BCUT2D eigenvalue weighted by Gasteiger charge is -2.28. The summed E-state index contributed by atoms with van der Waals surface area (Å²) in [5.41, 5.74) is 0. The number of amides is 1. The maximum absolute atomic E-state index is 12.1. The van der Waals surface area contributed by atoms with Gasteiger partial charge in [-0.05, 0) is 26.2 Å². The van der Waals surface area contributed by atoms with Crippen LogP contribution in [-0.4, -0.2) is 43.0 Å². The Morgan fingerprint density at radius 3 is 2.67 bits per heavy atom. The minimum Gasteiger partial charge on any atom is -0.381 e. The van der Waals surface area contributed by atoms with E-state index < -0.39 is 0 Å². The minimum absolute atomic E-state index is 0.175. The van der Waals surface area contributed by atoms with Crippen LogP contribution in [0.3, 0.4) is 0 Å². The van der Waals surface area contributed by atoms with Gasteiger partial charge in [-0.1, -0.05) is 0 Å². The predicted octanol–water partition coefficient (Wildman–Crippen LogP) is 1.89. The molecule has 1 heterocycles. The zero-order valence-corrected chi connectivity index (χ0v) is 10.1. The van der Waals surface area contributed by atoms with Gasteiger partial charge in [-0.3, -0.25) is 4.79 Å². The van der Waals surface area contributed by atoms with Crippen molar-refractivity contribution in [2.24, 2.45) is 5.92 Å². The molecule has 0 bridgehead atoms. The first kappa shape index (κ1) is 12.8. The van der Waals surface area contributed by atoms with E-state index in [9.17, 15) is 4.79 Å². The molecule has 0 aromatic heterocycles. The number of hydrogen-bond donors (Lipinski definition) is 0. The fourth-order valence-corrected chi connectivity index (χ4v) is 2.00. The molecule has 4 heteroatoms. The number of carbonyl (C=O) groups is 1. The van der Waals surface area contributed by atoms with Crippen molar-refractivity contribution in [2.75, 3.05) is 32.2 Å². The van der Waals surface area contributed by atoms with E-state index in [1.54, 1.807) is 0 Å². The smallest absolute Gasteiger partial charge is 0.225 e. The van der Waals surface area contributed by atoms with Gasteiger partial charge in [0.1, 0.15) is 0 Å². The Hall–Kier alpha value is -0.280. The molecule has 0 unspecified atom stereocenters. The fraction of sp³-hybridized carbons (Fsp3) is 0.909. The molecular weight excluding hydrogens is 214 g/mol. The first-order chi connectivity index (χ1) is 7.29. The average Bonchev–Trinajstić information content (AvgIpc) is 2.31. The molecule has 1 amide bonds. The van der Waals surface area contributed by atoms with Gasteiger partial charge < -0.3 is 9.64 Å². The molecule has 88 valence electrons. The lowest BCUT2D eigenvalue weighted by molar-refractivity contribution is -0.138. The lowest BCUT2D eigenvalue weighted by Crippen LogP contribution is -2.39. The van der Waals surface area contributed by atoms with Gasteiger partial charge in [-0.2, -0.15) is 0 Å². The molecule has 0 aliphatic carbocycles. The summed E-state index contributed by atoms with van der Waals surface area (Å²) in [6, 6.07) is 0. The van der Waals surface area contributed by atoms with Crippen molar-refractivity contribution in [3.8, 4) is 0 Å². The molecule has 1 aliphatic heterocycles. The number of halogens is 1. The van der Waals surface area contributed by atoms with Crippen LogP contribution in [0, 0.1) is 5.92 Å². The minimum atomic E-state index is 0.175. The molecule has 0 aromatic rings. The molecular formula is C11H20ClNO2. The molecule has 0 saturated carbocycles. The fourth-order valence-electron chi connectivity index (χ4n) is 1.88. The summed E-state index contributed by atoms with van der Waals surface area (Å²) in [5, 5.41) is 0. The van der Waals surface area contributed by atoms with Crippen molar-refractivity contribution in [2.45, 2.75) is 26.2 Å². The monoisotopic (exact) mass is 233 g/mol. The lowest BCUT2D eigenvalue weighted by atomic mass is 9.98. The number of rotatable bonds is 5. The van der Waals surface area contributed by atoms with Crippen molar-refractivity contribution in [3.05, 3.63) is 0 Å². The topological polar surface area (TPSA) is 29.5 Å². The van der Waals surface area contributed by atoms with Crippen molar-refractivity contribution in [1.29, 1.82) is 0 Å². The van der Waals surface area contributed by atoms with Crippen LogP contribution in [0.5, 0.6) is 0 Å². The largest absolute Gasteiger partial charge is 0.381 e. The van der Waals surface area contributed by atoms with E-state index in [-0.39, 0.29) is 11.8 Å². The second-order valence-corrected chi connectivity index (χ2v) is 4.23. The average molecular weight is 234 g/mol. The summed E-state index contributed by atoms with van der Waals surface area (Å²) < 4.78 is 5.25. The van der Waals surface area contributed by atoms with Gasteiger partial charge >= 0.3 is 0 Å². The number of ether oxygens (including phenoxy) is 1. The van der Waals surface area contributed by atoms with Gasteiger partial charge in [0.2, 0.25) is 5.91 Å². The van der Waals surface area contributed by atoms with Crippen LogP contribution >= 0.6 is 11.6 Å². The van der Waals surface area contributed by atoms with Gasteiger partial charge in [0.15, 0.2) is 0 Å². The van der Waals surface area contributed by atoms with Crippen LogP contribution in [-0.2, 0) is 9.53 Å². The van der Waals surface area contributed by atoms with E-state index in [4.69, 9.17) is 16.3 Å². The first-order valence-electron chi connectivity index (χ1n) is 5.72. The number of nitrogens with zero attached hydrogens (tertiary/aromatic N) is 1. The summed E-state index contributed by atoms with van der Waals surface area (Å²) in [6.07, 6.45) is 2.62. The highest BCUT2D eigenvalue weighted by molar-refractivity contribution is 6.17. The summed E-state index contributed by atoms with van der Waals surface area (Å²) in [7, 11) is 0. The number of carbonyl (C=O) groups excluding carboxylic acids is 1. The third-order valence-corrected chi connectivity index (χ3v) is 3.09. The zero-order chi connectivity index (χ0) is 11.1. The van der Waals surface area contributed by atoms with E-state index in [1.807, 2.05) is 11.8 Å². The summed E-state index contributed by atoms with van der Waals surface area (Å²) in [4.78, 5) is 14.0. The maximum Gasteiger partial charge on any atom is 0.225 e. The van der Waals surface area contributed by atoms with Gasteiger partial charge in [0.05, 0.1) is 0 Å². The first-order valence-corrected chi connectivity index (χ1v) is 6.25. The van der Waals surface area contributed by atoms with Gasteiger partial charge in [0.25, 0.3) is 0 Å². The van der Waals surface area contributed by atoms with Crippen molar-refractivity contribution in [3.63, 3.8) is 0 Å². The standard InChI is InChI=1S/C11H20ClNO2/c1-2-13(7-3-6-12)11(14)10-4-8-15-9-5-10/h10H,2-9H2,1H3. The highest BCUT2D eigenvalue weighted by Gasteiger charge is 2.25. The molecule has 0 radical (unpaired) electrons. The van der Waals surface area contributed by atoms with E-state index in [0.29, 0.717) is 5.88 Å². The zero-order valence-electron chi connectivity index (χ0n) is 9.38. The van der Waals surface area contributed by atoms with Crippen molar-refractivity contribution in [1.82, 2.24) is 4.90 Å². The van der Waals surface area contributed by atoms with Crippen LogP contribution in [0.4, 0.5) is 0 Å². The highest BCUT2D eigenvalue weighted by Crippen LogP contribution is 2.17. The second-order valence-electron chi connectivity index (χ2n) is 3.85. The Balaban J connectivity index is 2.40. The van der Waals surface area contributed by atoms with E-state index in [1.165, 1.54) is 0 Å². The van der Waals surface area contributed by atoms with Crippen LogP contribution in [0.1, 0.15) is 26.2 Å². The Morgan fingerprint density at radius 1 is 1.47 bits per heavy atom. The van der Waals surface area contributed by atoms with Crippen LogP contribution in [0.15, 0.2) is 0 Å². The summed E-state index contributed by atoms with van der Waals surface area (Å²) in [6.45, 7) is 5.04.